The van der Waals surface area contributed by atoms with Crippen molar-refractivity contribution in [2.24, 2.45) is 0 Å². The molecule has 0 aromatic heterocycles. The van der Waals surface area contributed by atoms with Gasteiger partial charge < -0.3 is 19.9 Å². The first-order chi connectivity index (χ1) is 18.4. The zero-order chi connectivity index (χ0) is 26.7. The van der Waals surface area contributed by atoms with Crippen molar-refractivity contribution < 1.29 is 28.6 Å². The summed E-state index contributed by atoms with van der Waals surface area (Å²) in [7, 11) is 0. The summed E-state index contributed by atoms with van der Waals surface area (Å²) in [4.78, 5) is 23.8. The molecule has 2 N–H and O–H groups in total. The Bertz CT molecular complexity index is 1390. The van der Waals surface area contributed by atoms with Crippen LogP contribution in [0, 0.1) is 5.82 Å². The first-order valence-electron chi connectivity index (χ1n) is 12.0. The van der Waals surface area contributed by atoms with Gasteiger partial charge in [-0.25, -0.2) is 4.39 Å². The first-order valence-corrected chi connectivity index (χ1v) is 12.0. The van der Waals surface area contributed by atoms with Gasteiger partial charge in [0.1, 0.15) is 29.7 Å². The van der Waals surface area contributed by atoms with Crippen molar-refractivity contribution >= 4 is 18.0 Å². The van der Waals surface area contributed by atoms with Gasteiger partial charge >= 0.3 is 5.97 Å². The van der Waals surface area contributed by atoms with Gasteiger partial charge in [-0.1, -0.05) is 54.6 Å². The lowest BCUT2D eigenvalue weighted by Crippen LogP contribution is -2.28. The molecule has 0 spiro atoms. The number of amides is 1. The van der Waals surface area contributed by atoms with E-state index in [9.17, 15) is 19.1 Å². The third kappa shape index (κ3) is 8.06. The van der Waals surface area contributed by atoms with Crippen LogP contribution in [0.5, 0.6) is 17.2 Å². The van der Waals surface area contributed by atoms with E-state index in [0.717, 1.165) is 11.1 Å². The summed E-state index contributed by atoms with van der Waals surface area (Å²) in [6.45, 7) is 0.277. The average molecular weight is 512 g/mol. The van der Waals surface area contributed by atoms with E-state index in [1.54, 1.807) is 48.5 Å². The number of ether oxygens (including phenoxy) is 2. The lowest BCUT2D eigenvalue weighted by molar-refractivity contribution is -0.137. The third-order valence-electron chi connectivity index (χ3n) is 5.56. The molecule has 0 radical (unpaired) electrons. The van der Waals surface area contributed by atoms with Crippen LogP contribution in [0.15, 0.2) is 109 Å². The highest BCUT2D eigenvalue weighted by atomic mass is 19.1. The molecule has 0 aliphatic rings. The van der Waals surface area contributed by atoms with Crippen LogP contribution in [0.1, 0.15) is 29.2 Å². The number of aliphatic carboxylic acids is 1. The molecule has 1 atom stereocenters. The molecule has 0 aliphatic carbocycles. The second kappa shape index (κ2) is 12.9. The van der Waals surface area contributed by atoms with Crippen molar-refractivity contribution in [3.05, 3.63) is 132 Å². The maximum absolute atomic E-state index is 13.1. The number of nitrogens with one attached hydrogen (secondary N) is 1. The molecule has 0 aliphatic heterocycles. The summed E-state index contributed by atoms with van der Waals surface area (Å²) in [6.07, 6.45) is 2.80. The van der Waals surface area contributed by atoms with Crippen LogP contribution >= 0.6 is 0 Å². The van der Waals surface area contributed by atoms with E-state index < -0.39 is 12.0 Å². The molecular weight excluding hydrogens is 485 g/mol. The van der Waals surface area contributed by atoms with E-state index in [0.29, 0.717) is 22.8 Å². The Labute approximate surface area is 220 Å². The predicted octanol–water partition coefficient (Wildman–Crippen LogP) is 6.54. The molecule has 4 aromatic carbocycles. The summed E-state index contributed by atoms with van der Waals surface area (Å²) >= 11 is 0. The van der Waals surface area contributed by atoms with Gasteiger partial charge in [-0.3, -0.25) is 9.59 Å². The van der Waals surface area contributed by atoms with E-state index >= 15 is 0 Å². The molecule has 0 saturated heterocycles. The summed E-state index contributed by atoms with van der Waals surface area (Å²) in [5.41, 5.74) is 2.39. The van der Waals surface area contributed by atoms with E-state index in [1.807, 2.05) is 48.5 Å². The number of hydrogen-bond donors (Lipinski definition) is 2. The second-order valence-electron chi connectivity index (χ2n) is 8.46. The van der Waals surface area contributed by atoms with Crippen LogP contribution in [0.4, 0.5) is 4.39 Å². The Morgan fingerprint density at radius 2 is 1.55 bits per heavy atom. The molecular formula is C31H26FNO5. The first kappa shape index (κ1) is 26.2. The maximum Gasteiger partial charge on any atom is 0.305 e. The monoisotopic (exact) mass is 511 g/mol. The Balaban J connectivity index is 1.35. The fourth-order valence-corrected chi connectivity index (χ4v) is 3.68. The Hall–Kier alpha value is -4.91. The Morgan fingerprint density at radius 1 is 0.842 bits per heavy atom. The third-order valence-corrected chi connectivity index (χ3v) is 5.56. The quantitative estimate of drug-likeness (QED) is 0.223. The van der Waals surface area contributed by atoms with Gasteiger partial charge in [0.25, 0.3) is 0 Å². The molecule has 0 fully saturated rings. The fraction of sp³-hybridized carbons (Fsp3) is 0.0968. The van der Waals surface area contributed by atoms with Gasteiger partial charge in [-0.2, -0.15) is 0 Å². The SMILES string of the molecule is O=C(O)C[C@H](NC(=O)/C=C/c1ccccc1)c1ccc(OCc2cccc(Oc3ccc(F)cc3)c2)cc1. The van der Waals surface area contributed by atoms with Crippen LogP contribution in [0.3, 0.4) is 0 Å². The molecule has 0 unspecified atom stereocenters. The second-order valence-corrected chi connectivity index (χ2v) is 8.46. The Morgan fingerprint density at radius 3 is 2.26 bits per heavy atom. The number of benzene rings is 4. The normalized spacial score (nSPS) is 11.6. The molecule has 7 heteroatoms. The predicted molar refractivity (Wildman–Crippen MR) is 142 cm³/mol. The number of halogens is 1. The van der Waals surface area contributed by atoms with Crippen molar-refractivity contribution in [2.45, 2.75) is 19.1 Å². The maximum atomic E-state index is 13.1. The van der Waals surface area contributed by atoms with Crippen molar-refractivity contribution in [1.82, 2.24) is 5.32 Å². The minimum atomic E-state index is -1.02. The largest absolute Gasteiger partial charge is 0.489 e. The topological polar surface area (TPSA) is 84.9 Å². The number of carboxylic acids is 1. The number of hydrogen-bond acceptors (Lipinski definition) is 4. The van der Waals surface area contributed by atoms with Gasteiger partial charge in [0.15, 0.2) is 0 Å². The lowest BCUT2D eigenvalue weighted by atomic mass is 10.0. The molecule has 0 saturated carbocycles. The smallest absolute Gasteiger partial charge is 0.305 e. The summed E-state index contributed by atoms with van der Waals surface area (Å²) in [5, 5.41) is 12.1. The van der Waals surface area contributed by atoms with E-state index in [1.165, 1.54) is 18.2 Å². The molecule has 38 heavy (non-hydrogen) atoms. The van der Waals surface area contributed by atoms with Crippen molar-refractivity contribution in [3.63, 3.8) is 0 Å². The van der Waals surface area contributed by atoms with Crippen molar-refractivity contribution in [2.75, 3.05) is 0 Å². The van der Waals surface area contributed by atoms with Crippen molar-refractivity contribution in [1.29, 1.82) is 0 Å². The molecule has 4 aromatic rings. The van der Waals surface area contributed by atoms with E-state index in [-0.39, 0.29) is 24.8 Å². The minimum absolute atomic E-state index is 0.258. The van der Waals surface area contributed by atoms with Gasteiger partial charge in [0, 0.05) is 6.08 Å². The zero-order valence-corrected chi connectivity index (χ0v) is 20.4. The standard InChI is InChI=1S/C31H26FNO5/c32-25-12-16-27(17-13-25)38-28-8-4-7-23(19-28)21-37-26-14-10-24(11-15-26)29(20-31(35)36)33-30(34)18-9-22-5-2-1-3-6-22/h1-19,29H,20-21H2,(H,33,34)(H,35,36)/b18-9+/t29-/m0/s1. The highest BCUT2D eigenvalue weighted by Crippen LogP contribution is 2.24. The van der Waals surface area contributed by atoms with Crippen LogP contribution < -0.4 is 14.8 Å². The molecule has 4 rings (SSSR count). The van der Waals surface area contributed by atoms with Gasteiger partial charge in [0.05, 0.1) is 12.5 Å². The molecule has 0 heterocycles. The number of carboxylic acid groups (broad SMARTS) is 1. The van der Waals surface area contributed by atoms with Crippen LogP contribution in [0.25, 0.3) is 6.08 Å². The summed E-state index contributed by atoms with van der Waals surface area (Å²) < 4.78 is 24.7. The zero-order valence-electron chi connectivity index (χ0n) is 20.4. The summed E-state index contributed by atoms with van der Waals surface area (Å²) in [5.74, 6) is -0.0288. The lowest BCUT2D eigenvalue weighted by Gasteiger charge is -2.17. The number of carbonyl (C=O) groups excluding carboxylic acids is 1. The van der Waals surface area contributed by atoms with Crippen LogP contribution in [-0.4, -0.2) is 17.0 Å². The number of carbonyl (C=O) groups is 2. The number of rotatable bonds is 11. The molecule has 1 amide bonds. The minimum Gasteiger partial charge on any atom is -0.489 e. The van der Waals surface area contributed by atoms with Crippen LogP contribution in [-0.2, 0) is 16.2 Å². The fourth-order valence-electron chi connectivity index (χ4n) is 3.68. The Kier molecular flexibility index (Phi) is 8.86. The highest BCUT2D eigenvalue weighted by molar-refractivity contribution is 5.92. The van der Waals surface area contributed by atoms with Crippen molar-refractivity contribution in [3.8, 4) is 17.2 Å². The molecule has 0 bridgehead atoms. The van der Waals surface area contributed by atoms with Gasteiger partial charge in [0.2, 0.25) is 5.91 Å². The van der Waals surface area contributed by atoms with Gasteiger partial charge in [-0.05, 0) is 71.3 Å². The van der Waals surface area contributed by atoms with Gasteiger partial charge in [-0.15, -0.1) is 0 Å². The van der Waals surface area contributed by atoms with Crippen LogP contribution in [0.2, 0.25) is 0 Å². The molecule has 192 valence electrons. The van der Waals surface area contributed by atoms with E-state index in [2.05, 4.69) is 5.32 Å². The molecule has 6 nitrogen and oxygen atoms in total. The summed E-state index contributed by atoms with van der Waals surface area (Å²) in [6, 6.07) is 28.7. The highest BCUT2D eigenvalue weighted by Gasteiger charge is 2.17. The average Bonchev–Trinajstić information content (AvgIpc) is 2.92. The van der Waals surface area contributed by atoms with E-state index in [4.69, 9.17) is 9.47 Å².